The van der Waals surface area contributed by atoms with Crippen LogP contribution in [0.4, 0.5) is 9.52 Å². The van der Waals surface area contributed by atoms with Gasteiger partial charge in [-0.25, -0.2) is 9.37 Å². The number of rotatable bonds is 4. The van der Waals surface area contributed by atoms with Gasteiger partial charge in [0.15, 0.2) is 5.13 Å². The maximum atomic E-state index is 13.7. The molecule has 1 aliphatic rings. The second-order valence-corrected chi connectivity index (χ2v) is 6.42. The summed E-state index contributed by atoms with van der Waals surface area (Å²) in [6.07, 6.45) is 1.73. The first-order valence-corrected chi connectivity index (χ1v) is 8.22. The summed E-state index contributed by atoms with van der Waals surface area (Å²) in [6.45, 7) is 0.273. The van der Waals surface area contributed by atoms with Gasteiger partial charge in [0.25, 0.3) is 0 Å². The van der Waals surface area contributed by atoms with Gasteiger partial charge in [-0.2, -0.15) is 0 Å². The van der Waals surface area contributed by atoms with Crippen molar-refractivity contribution in [2.75, 3.05) is 11.4 Å². The Morgan fingerprint density at radius 3 is 3.04 bits per heavy atom. The standard InChI is InChI=1S/C15H13ClFN3O2S/c16-11-2-1-3-12(17)10(11)7-19-14(22)9-6-13(21)20(8-9)15-18-4-5-23-15/h1-5,9H,6-8H2,(H,19,22). The number of amides is 2. The molecule has 0 bridgehead atoms. The van der Waals surface area contributed by atoms with E-state index in [4.69, 9.17) is 11.6 Å². The summed E-state index contributed by atoms with van der Waals surface area (Å²) in [5, 5.41) is 5.27. The van der Waals surface area contributed by atoms with Gasteiger partial charge in [0, 0.05) is 41.7 Å². The van der Waals surface area contributed by atoms with E-state index in [9.17, 15) is 14.0 Å². The SMILES string of the molecule is O=C(NCc1c(F)cccc1Cl)C1CC(=O)N(c2nccs2)C1. The van der Waals surface area contributed by atoms with E-state index in [0.29, 0.717) is 5.13 Å². The summed E-state index contributed by atoms with van der Waals surface area (Å²) in [7, 11) is 0. The fraction of sp³-hybridized carbons (Fsp3) is 0.267. The molecule has 0 radical (unpaired) electrons. The molecule has 120 valence electrons. The molecule has 0 spiro atoms. The lowest BCUT2D eigenvalue weighted by Gasteiger charge is -2.13. The van der Waals surface area contributed by atoms with E-state index in [1.54, 1.807) is 17.6 Å². The van der Waals surface area contributed by atoms with E-state index in [-0.39, 0.29) is 41.9 Å². The van der Waals surface area contributed by atoms with Crippen molar-refractivity contribution in [3.05, 3.63) is 46.2 Å². The molecule has 1 saturated heterocycles. The zero-order chi connectivity index (χ0) is 16.4. The molecule has 1 unspecified atom stereocenters. The first kappa shape index (κ1) is 15.9. The molecule has 0 aliphatic carbocycles. The number of hydrogen-bond acceptors (Lipinski definition) is 4. The minimum absolute atomic E-state index is 0.00766. The van der Waals surface area contributed by atoms with Gasteiger partial charge in [-0.3, -0.25) is 14.5 Å². The zero-order valence-corrected chi connectivity index (χ0v) is 13.5. The van der Waals surface area contributed by atoms with Gasteiger partial charge >= 0.3 is 0 Å². The molecule has 2 aromatic rings. The largest absolute Gasteiger partial charge is 0.352 e. The van der Waals surface area contributed by atoms with Gasteiger partial charge in [0.1, 0.15) is 5.82 Å². The van der Waals surface area contributed by atoms with Crippen LogP contribution in [0.1, 0.15) is 12.0 Å². The normalized spacial score (nSPS) is 17.6. The minimum Gasteiger partial charge on any atom is -0.352 e. The molecular formula is C15H13ClFN3O2S. The van der Waals surface area contributed by atoms with Crippen molar-refractivity contribution in [3.8, 4) is 0 Å². The number of carbonyl (C=O) groups excluding carboxylic acids is 2. The van der Waals surface area contributed by atoms with Crippen molar-refractivity contribution >= 4 is 39.9 Å². The Morgan fingerprint density at radius 2 is 2.35 bits per heavy atom. The van der Waals surface area contributed by atoms with Crippen LogP contribution in [-0.4, -0.2) is 23.3 Å². The Balaban J connectivity index is 1.62. The first-order chi connectivity index (χ1) is 11.1. The molecule has 2 heterocycles. The highest BCUT2D eigenvalue weighted by atomic mass is 35.5. The molecule has 1 aromatic carbocycles. The van der Waals surface area contributed by atoms with Crippen LogP contribution in [-0.2, 0) is 16.1 Å². The average Bonchev–Trinajstić information content (AvgIpc) is 3.15. The van der Waals surface area contributed by atoms with Crippen molar-refractivity contribution in [3.63, 3.8) is 0 Å². The number of hydrogen-bond donors (Lipinski definition) is 1. The molecule has 1 aromatic heterocycles. The molecule has 0 saturated carbocycles. The smallest absolute Gasteiger partial charge is 0.229 e. The third-order valence-electron chi connectivity index (χ3n) is 3.65. The number of anilines is 1. The Bertz CT molecular complexity index is 718. The van der Waals surface area contributed by atoms with Crippen LogP contribution < -0.4 is 10.2 Å². The van der Waals surface area contributed by atoms with E-state index >= 15 is 0 Å². The number of halogens is 2. The summed E-state index contributed by atoms with van der Waals surface area (Å²) in [4.78, 5) is 29.8. The molecule has 2 amide bonds. The van der Waals surface area contributed by atoms with Crippen molar-refractivity contribution in [2.24, 2.45) is 5.92 Å². The highest BCUT2D eigenvalue weighted by Gasteiger charge is 2.36. The lowest BCUT2D eigenvalue weighted by atomic mass is 10.1. The molecule has 1 N–H and O–H groups in total. The van der Waals surface area contributed by atoms with Gasteiger partial charge in [-0.1, -0.05) is 17.7 Å². The number of carbonyl (C=O) groups is 2. The summed E-state index contributed by atoms with van der Waals surface area (Å²) in [5.41, 5.74) is 0.239. The molecule has 1 atom stereocenters. The lowest BCUT2D eigenvalue weighted by molar-refractivity contribution is -0.126. The highest BCUT2D eigenvalue weighted by molar-refractivity contribution is 7.13. The zero-order valence-electron chi connectivity index (χ0n) is 12.0. The molecule has 5 nitrogen and oxygen atoms in total. The first-order valence-electron chi connectivity index (χ1n) is 6.96. The van der Waals surface area contributed by atoms with Crippen LogP contribution in [0.25, 0.3) is 0 Å². The van der Waals surface area contributed by atoms with Crippen molar-refractivity contribution in [1.29, 1.82) is 0 Å². The van der Waals surface area contributed by atoms with E-state index in [2.05, 4.69) is 10.3 Å². The van der Waals surface area contributed by atoms with Crippen LogP contribution >= 0.6 is 22.9 Å². The third-order valence-corrected chi connectivity index (χ3v) is 4.80. The van der Waals surface area contributed by atoms with Gasteiger partial charge in [0.05, 0.1) is 5.92 Å². The van der Waals surface area contributed by atoms with E-state index in [1.165, 1.54) is 28.4 Å². The van der Waals surface area contributed by atoms with Crippen LogP contribution in [0.15, 0.2) is 29.8 Å². The number of nitrogens with zero attached hydrogens (tertiary/aromatic N) is 2. The van der Waals surface area contributed by atoms with Crippen molar-refractivity contribution < 1.29 is 14.0 Å². The number of benzene rings is 1. The summed E-state index contributed by atoms with van der Waals surface area (Å²) < 4.78 is 13.7. The average molecular weight is 354 g/mol. The fourth-order valence-electron chi connectivity index (χ4n) is 2.44. The topological polar surface area (TPSA) is 62.3 Å². The van der Waals surface area contributed by atoms with Crippen molar-refractivity contribution in [2.45, 2.75) is 13.0 Å². The van der Waals surface area contributed by atoms with Crippen molar-refractivity contribution in [1.82, 2.24) is 10.3 Å². The number of aromatic nitrogens is 1. The molecule has 23 heavy (non-hydrogen) atoms. The number of thiazole rings is 1. The van der Waals surface area contributed by atoms with Crippen LogP contribution in [0.3, 0.4) is 0 Å². The van der Waals surface area contributed by atoms with Gasteiger partial charge in [0.2, 0.25) is 11.8 Å². The monoisotopic (exact) mass is 353 g/mol. The quantitative estimate of drug-likeness (QED) is 0.919. The van der Waals surface area contributed by atoms with Crippen LogP contribution in [0.5, 0.6) is 0 Å². The Labute approximate surface area is 141 Å². The Morgan fingerprint density at radius 1 is 1.52 bits per heavy atom. The maximum absolute atomic E-state index is 13.7. The summed E-state index contributed by atoms with van der Waals surface area (Å²) in [6, 6.07) is 4.36. The molecule has 1 fully saturated rings. The Kier molecular flexibility index (Phi) is 4.58. The predicted molar refractivity (Wildman–Crippen MR) is 85.8 cm³/mol. The maximum Gasteiger partial charge on any atom is 0.229 e. The van der Waals surface area contributed by atoms with E-state index in [0.717, 1.165) is 0 Å². The molecule has 8 heteroatoms. The molecular weight excluding hydrogens is 341 g/mol. The van der Waals surface area contributed by atoms with E-state index < -0.39 is 11.7 Å². The van der Waals surface area contributed by atoms with Gasteiger partial charge in [-0.05, 0) is 12.1 Å². The summed E-state index contributed by atoms with van der Waals surface area (Å²) in [5.74, 6) is -1.37. The predicted octanol–water partition coefficient (Wildman–Crippen LogP) is 2.60. The van der Waals surface area contributed by atoms with Crippen LogP contribution in [0.2, 0.25) is 5.02 Å². The van der Waals surface area contributed by atoms with Crippen LogP contribution in [0, 0.1) is 11.7 Å². The van der Waals surface area contributed by atoms with E-state index in [1.807, 2.05) is 0 Å². The number of nitrogens with one attached hydrogen (secondary N) is 1. The second-order valence-electron chi connectivity index (χ2n) is 5.14. The Hall–Kier alpha value is -1.99. The molecule has 3 rings (SSSR count). The fourth-order valence-corrected chi connectivity index (χ4v) is 3.34. The summed E-state index contributed by atoms with van der Waals surface area (Å²) >= 11 is 7.27. The molecule has 1 aliphatic heterocycles. The van der Waals surface area contributed by atoms with Gasteiger partial charge < -0.3 is 5.32 Å². The third kappa shape index (κ3) is 3.35. The lowest BCUT2D eigenvalue weighted by Crippen LogP contribution is -2.32. The minimum atomic E-state index is -0.475. The highest BCUT2D eigenvalue weighted by Crippen LogP contribution is 2.27. The second kappa shape index (κ2) is 6.64. The van der Waals surface area contributed by atoms with Gasteiger partial charge in [-0.15, -0.1) is 11.3 Å².